The van der Waals surface area contributed by atoms with Gasteiger partial charge in [-0.1, -0.05) is 107 Å². The van der Waals surface area contributed by atoms with Crippen LogP contribution in [0.1, 0.15) is 116 Å². The van der Waals surface area contributed by atoms with Crippen LogP contribution < -0.4 is 15.4 Å². The topological polar surface area (TPSA) is 202 Å². The lowest BCUT2D eigenvalue weighted by molar-refractivity contribution is -0.113. The molecule has 7 N–H and O–H groups in total. The average Bonchev–Trinajstić information content (AvgIpc) is 3.17. The van der Waals surface area contributed by atoms with Gasteiger partial charge in [-0.2, -0.15) is 0 Å². The Hall–Kier alpha value is -6.83. The molecule has 0 spiro atoms. The monoisotopic (exact) mass is 882 g/mol. The number of benzene rings is 4. The van der Waals surface area contributed by atoms with Crippen molar-refractivity contribution in [2.45, 2.75) is 105 Å². The number of hydrogen-bond acceptors (Lipinski definition) is 10. The number of ether oxygens (including phenoxy) is 2. The zero-order valence-corrected chi connectivity index (χ0v) is 38.7. The Balaban J connectivity index is 0.000000343. The summed E-state index contributed by atoms with van der Waals surface area (Å²) in [7, 11) is 1.19. The number of anilines is 2. The molecule has 0 aromatic heterocycles. The summed E-state index contributed by atoms with van der Waals surface area (Å²) in [4.78, 5) is 37.8. The van der Waals surface area contributed by atoms with E-state index in [1.165, 1.54) is 55.6 Å². The predicted molar refractivity (Wildman–Crippen MR) is 249 cm³/mol. The fraction of sp³-hybridized carbons (Fsp3) is 0.340. The van der Waals surface area contributed by atoms with Crippen molar-refractivity contribution in [3.8, 4) is 11.5 Å². The highest BCUT2D eigenvalue weighted by Gasteiger charge is 2.30. The number of carbonyl (C=O) groups excluding carboxylic acids is 3. The lowest BCUT2D eigenvalue weighted by atomic mass is 9.79. The molecule has 0 radical (unpaired) electrons. The Morgan fingerprint density at radius 2 is 0.938 bits per heavy atom. The Bertz CT molecular complexity index is 2500. The SMILES string of the molecule is CC(C)(C)c1cc(C(C)(C)C)c(NC(=O)C(C=N)=C(O)c2ccccc2F)cc1O.COC(=O)Oc1cc(NC(=O)C(C=N)=C(O)c2ccccc2F)c(C(C)(C)C)cc1C(C)(C)C. The van der Waals surface area contributed by atoms with Crippen LogP contribution in [0, 0.1) is 22.5 Å². The molecule has 0 aliphatic carbocycles. The van der Waals surface area contributed by atoms with Crippen molar-refractivity contribution < 1.29 is 48.0 Å². The first kappa shape index (κ1) is 51.5. The van der Waals surface area contributed by atoms with Crippen LogP contribution in [0.5, 0.6) is 11.5 Å². The Labute approximate surface area is 374 Å². The van der Waals surface area contributed by atoms with E-state index >= 15 is 0 Å². The molecular formula is C50H60F2N4O8. The number of rotatable bonds is 9. The Morgan fingerprint density at radius 3 is 1.28 bits per heavy atom. The number of aliphatic hydroxyl groups is 2. The number of halogens is 2. The number of hydrogen-bond donors (Lipinski definition) is 7. The highest BCUT2D eigenvalue weighted by atomic mass is 19.1. The van der Waals surface area contributed by atoms with Crippen LogP contribution in [-0.2, 0) is 36.0 Å². The molecule has 4 rings (SSSR count). The minimum Gasteiger partial charge on any atom is -0.508 e. The number of aliphatic hydroxyl groups excluding tert-OH is 2. The zero-order valence-electron chi connectivity index (χ0n) is 38.7. The summed E-state index contributed by atoms with van der Waals surface area (Å²) in [5.74, 6) is -4.11. The number of carbonyl (C=O) groups is 3. The second kappa shape index (κ2) is 20.1. The maximum Gasteiger partial charge on any atom is 0.513 e. The summed E-state index contributed by atoms with van der Waals surface area (Å²) in [5.41, 5.74) is 0.936. The molecule has 14 heteroatoms. The van der Waals surface area contributed by atoms with E-state index in [-0.39, 0.29) is 39.0 Å². The van der Waals surface area contributed by atoms with E-state index in [9.17, 15) is 38.5 Å². The third-order valence-corrected chi connectivity index (χ3v) is 9.89. The second-order valence-electron chi connectivity index (χ2n) is 19.0. The minimum atomic E-state index is -0.913. The van der Waals surface area contributed by atoms with Gasteiger partial charge in [0.05, 0.1) is 29.4 Å². The number of amides is 2. The smallest absolute Gasteiger partial charge is 0.508 e. The van der Waals surface area contributed by atoms with Gasteiger partial charge in [-0.15, -0.1) is 0 Å². The standard InChI is InChI=1S/C26H31FN2O5.C24H29FN2O3/c1-25(2,3)17-12-18(26(4,5)6)21(34-24(32)33-7)13-20(17)29-23(31)16(14-28)22(30)15-10-8-9-11-19(15)27;1-23(2,3)16-11-17(24(4,5)6)20(28)12-19(16)27-22(30)15(13-26)21(29)14-9-7-8-10-18(14)25/h8-14,28,30H,1-7H3,(H,29,31);7-13,26,28-29H,1-6H3,(H,27,30). The van der Waals surface area contributed by atoms with E-state index in [1.807, 2.05) is 95.2 Å². The fourth-order valence-corrected chi connectivity index (χ4v) is 6.48. The Morgan fingerprint density at radius 1 is 0.578 bits per heavy atom. The van der Waals surface area contributed by atoms with Gasteiger partial charge in [0.1, 0.15) is 34.7 Å². The fourth-order valence-electron chi connectivity index (χ4n) is 6.48. The normalized spacial score (nSPS) is 12.7. The summed E-state index contributed by atoms with van der Waals surface area (Å²) in [6.07, 6.45) is 0.420. The summed E-state index contributed by atoms with van der Waals surface area (Å²) < 4.78 is 38.2. The molecule has 0 bridgehead atoms. The first-order valence-corrected chi connectivity index (χ1v) is 20.3. The summed E-state index contributed by atoms with van der Waals surface area (Å²) in [6.45, 7) is 23.6. The van der Waals surface area contributed by atoms with Gasteiger partial charge in [0.25, 0.3) is 11.8 Å². The van der Waals surface area contributed by atoms with Crippen molar-refractivity contribution in [1.29, 1.82) is 10.8 Å². The first-order valence-electron chi connectivity index (χ1n) is 20.3. The van der Waals surface area contributed by atoms with Gasteiger partial charge >= 0.3 is 6.16 Å². The van der Waals surface area contributed by atoms with E-state index in [2.05, 4.69) is 15.4 Å². The second-order valence-corrected chi connectivity index (χ2v) is 19.0. The lowest BCUT2D eigenvalue weighted by Crippen LogP contribution is -2.24. The summed E-state index contributed by atoms with van der Waals surface area (Å²) in [5, 5.41) is 52.1. The molecule has 0 aliphatic heterocycles. The highest BCUT2D eigenvalue weighted by Crippen LogP contribution is 2.42. The molecular weight excluding hydrogens is 823 g/mol. The molecule has 0 unspecified atom stereocenters. The van der Waals surface area contributed by atoms with Crippen molar-refractivity contribution in [1.82, 2.24) is 0 Å². The molecule has 12 nitrogen and oxygen atoms in total. The van der Waals surface area contributed by atoms with Crippen molar-refractivity contribution in [2.24, 2.45) is 0 Å². The molecule has 0 atom stereocenters. The van der Waals surface area contributed by atoms with Gasteiger partial charge in [-0.25, -0.2) is 13.6 Å². The van der Waals surface area contributed by atoms with E-state index in [1.54, 1.807) is 0 Å². The quantitative estimate of drug-likeness (QED) is 0.0283. The van der Waals surface area contributed by atoms with Crippen LogP contribution in [0.15, 0.2) is 83.9 Å². The van der Waals surface area contributed by atoms with E-state index in [0.717, 1.165) is 34.4 Å². The maximum absolute atomic E-state index is 14.2. The molecule has 0 heterocycles. The van der Waals surface area contributed by atoms with E-state index in [0.29, 0.717) is 23.8 Å². The maximum atomic E-state index is 14.2. The zero-order chi connectivity index (χ0) is 48.7. The number of nitrogens with one attached hydrogen (secondary N) is 4. The lowest BCUT2D eigenvalue weighted by Gasteiger charge is -2.29. The number of methoxy groups -OCH3 is 1. The van der Waals surface area contributed by atoms with Gasteiger partial charge in [0, 0.05) is 41.5 Å². The Kier molecular flexibility index (Phi) is 16.2. The van der Waals surface area contributed by atoms with Crippen LogP contribution in [0.2, 0.25) is 0 Å². The van der Waals surface area contributed by atoms with Crippen LogP contribution in [0.4, 0.5) is 25.0 Å². The van der Waals surface area contributed by atoms with Crippen molar-refractivity contribution in [3.05, 3.63) is 129 Å². The molecule has 0 saturated carbocycles. The van der Waals surface area contributed by atoms with Gasteiger partial charge in [0.2, 0.25) is 0 Å². The van der Waals surface area contributed by atoms with Crippen molar-refractivity contribution in [3.63, 3.8) is 0 Å². The molecule has 4 aromatic carbocycles. The largest absolute Gasteiger partial charge is 0.513 e. The van der Waals surface area contributed by atoms with Crippen molar-refractivity contribution in [2.75, 3.05) is 17.7 Å². The van der Waals surface area contributed by atoms with E-state index in [4.69, 9.17) is 15.6 Å². The highest BCUT2D eigenvalue weighted by molar-refractivity contribution is 6.22. The molecule has 4 aromatic rings. The minimum absolute atomic E-state index is 0.0320. The molecule has 0 aliphatic rings. The number of phenols is 1. The molecule has 342 valence electrons. The number of aromatic hydroxyl groups is 1. The van der Waals surface area contributed by atoms with Gasteiger partial charge < -0.3 is 46.2 Å². The third kappa shape index (κ3) is 12.6. The molecule has 2 amide bonds. The molecule has 0 fully saturated rings. The molecule has 0 saturated heterocycles. The van der Waals surface area contributed by atoms with Gasteiger partial charge in [-0.05, 0) is 74.7 Å². The van der Waals surface area contributed by atoms with Crippen molar-refractivity contribution >= 4 is 53.3 Å². The number of phenolic OH excluding ortho intramolecular Hbond substituents is 1. The van der Waals surface area contributed by atoms with Crippen LogP contribution >= 0.6 is 0 Å². The van der Waals surface area contributed by atoms with E-state index < -0.39 is 57.5 Å². The van der Waals surface area contributed by atoms with Crippen LogP contribution in [0.25, 0.3) is 11.5 Å². The van der Waals surface area contributed by atoms with Gasteiger partial charge in [0.15, 0.2) is 0 Å². The summed E-state index contributed by atoms with van der Waals surface area (Å²) >= 11 is 0. The van der Waals surface area contributed by atoms with Crippen LogP contribution in [-0.4, -0.2) is 52.8 Å². The van der Waals surface area contributed by atoms with Crippen LogP contribution in [0.3, 0.4) is 0 Å². The predicted octanol–water partition coefficient (Wildman–Crippen LogP) is 11.8. The van der Waals surface area contributed by atoms with Gasteiger partial charge in [-0.3, -0.25) is 9.59 Å². The molecule has 64 heavy (non-hydrogen) atoms. The average molecular weight is 883 g/mol. The third-order valence-electron chi connectivity index (χ3n) is 9.89. The summed E-state index contributed by atoms with van der Waals surface area (Å²) in [6, 6.07) is 17.6. The first-order chi connectivity index (χ1) is 29.5.